The van der Waals surface area contributed by atoms with E-state index in [1.165, 1.54) is 0 Å². The minimum atomic E-state index is -0.824. The van der Waals surface area contributed by atoms with Crippen molar-refractivity contribution < 1.29 is 34.5 Å². The van der Waals surface area contributed by atoms with Gasteiger partial charge in [0.25, 0.3) is 5.09 Å². The Balaban J connectivity index is 1.93. The maximum atomic E-state index is 12.6. The Bertz CT molecular complexity index is 968. The number of hydrogen-bond acceptors (Lipinski definition) is 8. The molecule has 1 aliphatic rings. The van der Waals surface area contributed by atoms with Gasteiger partial charge in [0.2, 0.25) is 5.91 Å². The number of ether oxygens (including phenoxy) is 1. The zero-order chi connectivity index (χ0) is 29.9. The number of benzene rings is 1. The van der Waals surface area contributed by atoms with E-state index in [0.717, 1.165) is 18.4 Å². The lowest BCUT2D eigenvalue weighted by molar-refractivity contribution is -0.757. The van der Waals surface area contributed by atoms with Crippen LogP contribution in [0.5, 0.6) is 0 Å². The van der Waals surface area contributed by atoms with Crippen molar-refractivity contribution in [3.63, 3.8) is 0 Å². The average molecular weight is 575 g/mol. The minimum absolute atomic E-state index is 0.00647. The first-order valence-corrected chi connectivity index (χ1v) is 14.8. The van der Waals surface area contributed by atoms with Crippen molar-refractivity contribution in [1.29, 1.82) is 0 Å². The molecule has 0 bridgehead atoms. The molecule has 3 N–H and O–H groups in total. The molecule has 5 unspecified atom stereocenters. The summed E-state index contributed by atoms with van der Waals surface area (Å²) in [6.07, 6.45) is 11.9. The molecule has 1 aromatic carbocycles. The lowest BCUT2D eigenvalue weighted by Crippen LogP contribution is -2.22. The van der Waals surface area contributed by atoms with Gasteiger partial charge in [-0.2, -0.15) is 0 Å². The Hall–Kier alpha value is -3.24. The Morgan fingerprint density at radius 2 is 1.88 bits per heavy atom. The zero-order valence-electron chi connectivity index (χ0n) is 24.1. The Morgan fingerprint density at radius 1 is 1.10 bits per heavy atom. The summed E-state index contributed by atoms with van der Waals surface area (Å²) >= 11 is 0. The topological polar surface area (TPSA) is 148 Å². The smallest absolute Gasteiger partial charge is 0.306 e. The quantitative estimate of drug-likeness (QED) is 0.0679. The van der Waals surface area contributed by atoms with Crippen LogP contribution >= 0.6 is 0 Å². The van der Waals surface area contributed by atoms with E-state index < -0.39 is 23.4 Å². The fourth-order valence-electron chi connectivity index (χ4n) is 5.06. The fraction of sp³-hybridized carbons (Fsp3) is 0.613. The standard InChI is InChI=1S/C31H46N2O8/c1-2-32-30(36)16-10-4-3-9-15-26-27(29(35)23-28(26)34)21-20-25(19-18-24-13-7-5-8-14-24)41-31(37)17-11-6-12-22-40-33(38)39/h3,5,7-9,13-14,20-21,25-29,34-35H,2,4,6,10-12,15-19,22-23H2,1H3,(H,32,36). The van der Waals surface area contributed by atoms with Crippen molar-refractivity contribution in [3.8, 4) is 0 Å². The zero-order valence-corrected chi connectivity index (χ0v) is 24.1. The largest absolute Gasteiger partial charge is 0.458 e. The number of rotatable bonds is 20. The molecule has 5 atom stereocenters. The number of unbranched alkanes of at least 4 members (excludes halogenated alkanes) is 3. The third-order valence-corrected chi connectivity index (χ3v) is 7.25. The van der Waals surface area contributed by atoms with Crippen molar-refractivity contribution in [2.24, 2.45) is 11.8 Å². The highest BCUT2D eigenvalue weighted by atomic mass is 16.9. The molecule has 1 aromatic rings. The summed E-state index contributed by atoms with van der Waals surface area (Å²) in [7, 11) is 0. The van der Waals surface area contributed by atoms with Crippen LogP contribution in [0.15, 0.2) is 54.6 Å². The molecule has 0 saturated heterocycles. The molecule has 41 heavy (non-hydrogen) atoms. The molecular weight excluding hydrogens is 528 g/mol. The Kier molecular flexibility index (Phi) is 16.4. The molecule has 0 aliphatic heterocycles. The molecular formula is C31H46N2O8. The average Bonchev–Trinajstić information content (AvgIpc) is 3.21. The number of esters is 1. The lowest BCUT2D eigenvalue weighted by atomic mass is 9.89. The number of nitrogens with zero attached hydrogens (tertiary/aromatic N) is 1. The first-order valence-electron chi connectivity index (χ1n) is 14.8. The number of hydrogen-bond donors (Lipinski definition) is 3. The second kappa shape index (κ2) is 19.8. The lowest BCUT2D eigenvalue weighted by Gasteiger charge is -2.21. The molecule has 10 heteroatoms. The molecule has 0 spiro atoms. The number of amides is 1. The Labute approximate surface area is 242 Å². The van der Waals surface area contributed by atoms with Crippen molar-refractivity contribution in [2.75, 3.05) is 13.2 Å². The first kappa shape index (κ1) is 34.0. The maximum absolute atomic E-state index is 12.6. The van der Waals surface area contributed by atoms with E-state index in [9.17, 15) is 29.9 Å². The van der Waals surface area contributed by atoms with Gasteiger partial charge in [0, 0.05) is 31.7 Å². The molecule has 1 saturated carbocycles. The summed E-state index contributed by atoms with van der Waals surface area (Å²) < 4.78 is 5.78. The van der Waals surface area contributed by atoms with E-state index in [0.29, 0.717) is 57.9 Å². The predicted molar refractivity (Wildman–Crippen MR) is 155 cm³/mol. The van der Waals surface area contributed by atoms with Crippen LogP contribution in [-0.4, -0.2) is 58.6 Å². The summed E-state index contributed by atoms with van der Waals surface area (Å²) in [6.45, 7) is 2.52. The fourth-order valence-corrected chi connectivity index (χ4v) is 5.06. The van der Waals surface area contributed by atoms with E-state index in [1.54, 1.807) is 0 Å². The summed E-state index contributed by atoms with van der Waals surface area (Å²) in [5.74, 6) is -0.732. The minimum Gasteiger partial charge on any atom is -0.458 e. The van der Waals surface area contributed by atoms with Gasteiger partial charge in [-0.25, -0.2) is 0 Å². The van der Waals surface area contributed by atoms with Gasteiger partial charge in [-0.15, -0.1) is 10.1 Å². The van der Waals surface area contributed by atoms with Crippen LogP contribution in [0.2, 0.25) is 0 Å². The van der Waals surface area contributed by atoms with Crippen molar-refractivity contribution >= 4 is 11.9 Å². The molecule has 0 radical (unpaired) electrons. The van der Waals surface area contributed by atoms with E-state index in [-0.39, 0.29) is 36.7 Å². The SMILES string of the molecule is CCNC(=O)CCCC=CCC1C(O)CC(O)C1C=CC(CCc1ccccc1)OC(=O)CCCCCO[N+](=O)[O-]. The number of nitrogens with one attached hydrogen (secondary N) is 1. The monoisotopic (exact) mass is 574 g/mol. The van der Waals surface area contributed by atoms with Gasteiger partial charge in [-0.1, -0.05) is 55.0 Å². The van der Waals surface area contributed by atoms with Crippen LogP contribution < -0.4 is 5.32 Å². The number of aryl methyl sites for hydroxylation is 1. The summed E-state index contributed by atoms with van der Waals surface area (Å²) in [5.41, 5.74) is 1.12. The molecule has 1 amide bonds. The highest BCUT2D eigenvalue weighted by molar-refractivity contribution is 5.75. The molecule has 0 heterocycles. The van der Waals surface area contributed by atoms with Crippen molar-refractivity contribution in [3.05, 3.63) is 70.3 Å². The number of carbonyl (C=O) groups excluding carboxylic acids is 2. The molecule has 1 aliphatic carbocycles. The number of carbonyl (C=O) groups is 2. The van der Waals surface area contributed by atoms with Gasteiger partial charge in [0.05, 0.1) is 18.8 Å². The second-order valence-corrected chi connectivity index (χ2v) is 10.5. The molecule has 1 fully saturated rings. The van der Waals surface area contributed by atoms with E-state index in [2.05, 4.69) is 10.2 Å². The molecule has 10 nitrogen and oxygen atoms in total. The summed E-state index contributed by atoms with van der Waals surface area (Å²) in [4.78, 5) is 38.7. The molecule has 0 aromatic heterocycles. The summed E-state index contributed by atoms with van der Waals surface area (Å²) in [6, 6.07) is 9.91. The second-order valence-electron chi connectivity index (χ2n) is 10.5. The third-order valence-electron chi connectivity index (χ3n) is 7.25. The first-order chi connectivity index (χ1) is 19.8. The van der Waals surface area contributed by atoms with Gasteiger partial charge in [-0.05, 0) is 69.4 Å². The van der Waals surface area contributed by atoms with Gasteiger partial charge in [-0.3, -0.25) is 9.59 Å². The number of aliphatic hydroxyl groups excluding tert-OH is 2. The van der Waals surface area contributed by atoms with E-state index in [1.807, 2.05) is 61.6 Å². The maximum Gasteiger partial charge on any atom is 0.306 e. The highest BCUT2D eigenvalue weighted by Gasteiger charge is 2.39. The molecule has 2 rings (SSSR count). The van der Waals surface area contributed by atoms with Gasteiger partial charge >= 0.3 is 5.97 Å². The Morgan fingerprint density at radius 3 is 2.61 bits per heavy atom. The van der Waals surface area contributed by atoms with Crippen LogP contribution in [0.4, 0.5) is 0 Å². The third kappa shape index (κ3) is 14.3. The predicted octanol–water partition coefficient (Wildman–Crippen LogP) is 4.47. The van der Waals surface area contributed by atoms with Crippen molar-refractivity contribution in [2.45, 2.75) is 95.9 Å². The van der Waals surface area contributed by atoms with Gasteiger partial charge < -0.3 is 25.1 Å². The van der Waals surface area contributed by atoms with Crippen molar-refractivity contribution in [1.82, 2.24) is 5.32 Å². The van der Waals surface area contributed by atoms with Crippen LogP contribution in [0.3, 0.4) is 0 Å². The normalized spacial score (nSPS) is 21.2. The highest BCUT2D eigenvalue weighted by Crippen LogP contribution is 2.36. The van der Waals surface area contributed by atoms with Gasteiger partial charge in [0.15, 0.2) is 0 Å². The number of aliphatic hydroxyl groups is 2. The van der Waals surface area contributed by atoms with Crippen LogP contribution in [0.1, 0.15) is 76.7 Å². The van der Waals surface area contributed by atoms with E-state index in [4.69, 9.17) is 4.74 Å². The van der Waals surface area contributed by atoms with Gasteiger partial charge in [0.1, 0.15) is 6.10 Å². The molecule has 228 valence electrons. The van der Waals surface area contributed by atoms with E-state index >= 15 is 0 Å². The van der Waals surface area contributed by atoms with Crippen LogP contribution in [-0.2, 0) is 25.6 Å². The van der Waals surface area contributed by atoms with Crippen LogP contribution in [0, 0.1) is 22.0 Å². The summed E-state index contributed by atoms with van der Waals surface area (Å²) in [5, 5.41) is 33.5. The van der Waals surface area contributed by atoms with Crippen LogP contribution in [0.25, 0.3) is 0 Å². The number of allylic oxidation sites excluding steroid dienone is 2.